The van der Waals surface area contributed by atoms with Crippen molar-refractivity contribution in [3.05, 3.63) is 58.3 Å². The number of rotatable bonds is 3. The molecule has 0 aliphatic rings. The Balaban J connectivity index is 2.05. The molecule has 2 rings (SSSR count). The highest BCUT2D eigenvalue weighted by Crippen LogP contribution is 2.08. The Kier molecular flexibility index (Phi) is 3.75. The van der Waals surface area contributed by atoms with Crippen LogP contribution in [0.1, 0.15) is 11.3 Å². The Bertz CT molecular complexity index is 644. The fourth-order valence-electron chi connectivity index (χ4n) is 1.63. The summed E-state index contributed by atoms with van der Waals surface area (Å²) in [6.07, 6.45) is 1.38. The summed E-state index contributed by atoms with van der Waals surface area (Å²) in [5.74, 6) is -0.253. The minimum Gasteiger partial charge on any atom is -0.325 e. The van der Waals surface area contributed by atoms with Gasteiger partial charge in [-0.25, -0.2) is 4.98 Å². The van der Waals surface area contributed by atoms with Gasteiger partial charge in [-0.15, -0.1) is 0 Å². The standard InChI is InChI=1S/C14H15N3O2/c1-10-3-5-12(6-4-10)16-13(18)8-17-9-15-11(2)7-14(17)19/h3-7,9H,8H2,1-2H3,(H,16,18). The van der Waals surface area contributed by atoms with Gasteiger partial charge in [0.25, 0.3) is 5.56 Å². The van der Waals surface area contributed by atoms with Crippen LogP contribution in [0, 0.1) is 13.8 Å². The van der Waals surface area contributed by atoms with E-state index < -0.39 is 0 Å². The zero-order valence-electron chi connectivity index (χ0n) is 10.9. The number of aromatic nitrogens is 2. The maximum Gasteiger partial charge on any atom is 0.253 e. The molecule has 98 valence electrons. The monoisotopic (exact) mass is 257 g/mol. The molecule has 0 bridgehead atoms. The van der Waals surface area contributed by atoms with Gasteiger partial charge in [0, 0.05) is 17.4 Å². The number of nitrogens with one attached hydrogen (secondary N) is 1. The fourth-order valence-corrected chi connectivity index (χ4v) is 1.63. The first-order chi connectivity index (χ1) is 9.04. The lowest BCUT2D eigenvalue weighted by Crippen LogP contribution is -2.27. The van der Waals surface area contributed by atoms with Gasteiger partial charge >= 0.3 is 0 Å². The van der Waals surface area contributed by atoms with Crippen LogP contribution in [0.25, 0.3) is 0 Å². The van der Waals surface area contributed by atoms with Crippen molar-refractivity contribution in [3.63, 3.8) is 0 Å². The average Bonchev–Trinajstić information content (AvgIpc) is 2.36. The Morgan fingerprint density at radius 2 is 1.95 bits per heavy atom. The Morgan fingerprint density at radius 3 is 2.58 bits per heavy atom. The number of hydrogen-bond acceptors (Lipinski definition) is 3. The highest BCUT2D eigenvalue weighted by Gasteiger charge is 2.05. The van der Waals surface area contributed by atoms with Crippen molar-refractivity contribution in [2.45, 2.75) is 20.4 Å². The predicted octanol–water partition coefficient (Wildman–Crippen LogP) is 1.50. The molecule has 0 radical (unpaired) electrons. The number of carbonyl (C=O) groups is 1. The van der Waals surface area contributed by atoms with Crippen LogP contribution in [0.2, 0.25) is 0 Å². The first kappa shape index (κ1) is 13.0. The van der Waals surface area contributed by atoms with Gasteiger partial charge in [-0.05, 0) is 26.0 Å². The molecule has 0 saturated carbocycles. The van der Waals surface area contributed by atoms with E-state index in [-0.39, 0.29) is 18.0 Å². The molecule has 5 nitrogen and oxygen atoms in total. The van der Waals surface area contributed by atoms with Crippen molar-refractivity contribution < 1.29 is 4.79 Å². The van der Waals surface area contributed by atoms with E-state index in [4.69, 9.17) is 0 Å². The molecule has 0 spiro atoms. The van der Waals surface area contributed by atoms with Crippen LogP contribution in [0.15, 0.2) is 41.5 Å². The Hall–Kier alpha value is -2.43. The number of aryl methyl sites for hydroxylation is 2. The summed E-state index contributed by atoms with van der Waals surface area (Å²) in [7, 11) is 0. The smallest absolute Gasteiger partial charge is 0.253 e. The molecular weight excluding hydrogens is 242 g/mol. The van der Waals surface area contributed by atoms with Crippen LogP contribution in [-0.2, 0) is 11.3 Å². The second-order valence-electron chi connectivity index (χ2n) is 4.41. The van der Waals surface area contributed by atoms with Crippen LogP contribution in [0.5, 0.6) is 0 Å². The van der Waals surface area contributed by atoms with Gasteiger partial charge in [0.05, 0.1) is 6.33 Å². The quantitative estimate of drug-likeness (QED) is 0.906. The van der Waals surface area contributed by atoms with Gasteiger partial charge in [0.2, 0.25) is 5.91 Å². The van der Waals surface area contributed by atoms with Gasteiger partial charge < -0.3 is 5.32 Å². The third kappa shape index (κ3) is 3.51. The third-order valence-corrected chi connectivity index (χ3v) is 2.67. The highest BCUT2D eigenvalue weighted by molar-refractivity contribution is 5.90. The second kappa shape index (κ2) is 5.48. The number of nitrogens with zero attached hydrogens (tertiary/aromatic N) is 2. The predicted molar refractivity (Wildman–Crippen MR) is 73.0 cm³/mol. The van der Waals surface area contributed by atoms with Crippen LogP contribution in [-0.4, -0.2) is 15.5 Å². The molecule has 0 saturated heterocycles. The molecule has 1 heterocycles. The summed E-state index contributed by atoms with van der Waals surface area (Å²) >= 11 is 0. The average molecular weight is 257 g/mol. The third-order valence-electron chi connectivity index (χ3n) is 2.67. The summed E-state index contributed by atoms with van der Waals surface area (Å²) < 4.78 is 1.27. The van der Waals surface area contributed by atoms with E-state index in [0.717, 1.165) is 5.56 Å². The molecule has 1 aromatic carbocycles. The highest BCUT2D eigenvalue weighted by atomic mass is 16.2. The van der Waals surface area contributed by atoms with E-state index in [9.17, 15) is 9.59 Å². The number of amides is 1. The first-order valence-electron chi connectivity index (χ1n) is 5.94. The fraction of sp³-hybridized carbons (Fsp3) is 0.214. The van der Waals surface area contributed by atoms with E-state index in [1.165, 1.54) is 17.0 Å². The number of hydrogen-bond donors (Lipinski definition) is 1. The minimum absolute atomic E-state index is 0.0417. The minimum atomic E-state index is -0.253. The van der Waals surface area contributed by atoms with Crippen molar-refractivity contribution in [1.82, 2.24) is 9.55 Å². The maximum atomic E-state index is 11.8. The van der Waals surface area contributed by atoms with Crippen LogP contribution < -0.4 is 10.9 Å². The molecule has 0 atom stereocenters. The van der Waals surface area contributed by atoms with E-state index in [1.54, 1.807) is 6.92 Å². The number of anilines is 1. The topological polar surface area (TPSA) is 64.0 Å². The molecule has 1 aromatic heterocycles. The Morgan fingerprint density at radius 1 is 1.26 bits per heavy atom. The summed E-state index contributed by atoms with van der Waals surface area (Å²) in [6, 6.07) is 8.87. The molecule has 19 heavy (non-hydrogen) atoms. The molecular formula is C14H15N3O2. The number of benzene rings is 1. The number of carbonyl (C=O) groups excluding carboxylic acids is 1. The maximum absolute atomic E-state index is 11.8. The van der Waals surface area contributed by atoms with Crippen LogP contribution in [0.3, 0.4) is 0 Å². The van der Waals surface area contributed by atoms with Crippen LogP contribution in [0.4, 0.5) is 5.69 Å². The van der Waals surface area contributed by atoms with Crippen molar-refractivity contribution in [1.29, 1.82) is 0 Å². The molecule has 2 aromatic rings. The lowest BCUT2D eigenvalue weighted by atomic mass is 10.2. The molecule has 0 fully saturated rings. The van der Waals surface area contributed by atoms with Crippen molar-refractivity contribution in [3.8, 4) is 0 Å². The van der Waals surface area contributed by atoms with Crippen molar-refractivity contribution in [2.24, 2.45) is 0 Å². The SMILES string of the molecule is Cc1ccc(NC(=O)Cn2cnc(C)cc2=O)cc1. The Labute approximate surface area is 110 Å². The van der Waals surface area contributed by atoms with Gasteiger partial charge in [0.1, 0.15) is 6.54 Å². The molecule has 0 aliphatic carbocycles. The van der Waals surface area contributed by atoms with Crippen LogP contribution >= 0.6 is 0 Å². The van der Waals surface area contributed by atoms with Gasteiger partial charge in [0.15, 0.2) is 0 Å². The lowest BCUT2D eigenvalue weighted by molar-refractivity contribution is -0.116. The largest absolute Gasteiger partial charge is 0.325 e. The summed E-state index contributed by atoms with van der Waals surface area (Å²) in [5, 5.41) is 2.73. The van der Waals surface area contributed by atoms with E-state index in [1.807, 2.05) is 31.2 Å². The summed E-state index contributed by atoms with van der Waals surface area (Å²) in [4.78, 5) is 27.4. The van der Waals surface area contributed by atoms with Gasteiger partial charge in [-0.3, -0.25) is 14.2 Å². The lowest BCUT2D eigenvalue weighted by Gasteiger charge is -2.07. The molecule has 5 heteroatoms. The molecule has 0 unspecified atom stereocenters. The van der Waals surface area contributed by atoms with E-state index >= 15 is 0 Å². The zero-order chi connectivity index (χ0) is 13.8. The molecule has 0 aliphatic heterocycles. The first-order valence-corrected chi connectivity index (χ1v) is 5.94. The normalized spacial score (nSPS) is 10.2. The van der Waals surface area contributed by atoms with Crippen molar-refractivity contribution in [2.75, 3.05) is 5.32 Å². The van der Waals surface area contributed by atoms with E-state index in [2.05, 4.69) is 10.3 Å². The van der Waals surface area contributed by atoms with Gasteiger partial charge in [-0.2, -0.15) is 0 Å². The zero-order valence-corrected chi connectivity index (χ0v) is 10.9. The summed E-state index contributed by atoms with van der Waals surface area (Å²) in [6.45, 7) is 3.67. The molecule has 1 amide bonds. The van der Waals surface area contributed by atoms with E-state index in [0.29, 0.717) is 11.4 Å². The van der Waals surface area contributed by atoms with Gasteiger partial charge in [-0.1, -0.05) is 17.7 Å². The molecule has 1 N–H and O–H groups in total. The van der Waals surface area contributed by atoms with Crippen molar-refractivity contribution >= 4 is 11.6 Å². The summed E-state index contributed by atoms with van der Waals surface area (Å²) in [5.41, 5.74) is 2.24. The second-order valence-corrected chi connectivity index (χ2v) is 4.41.